The quantitative estimate of drug-likeness (QED) is 0.674. The number of hydrogen-bond acceptors (Lipinski definition) is 4. The first-order chi connectivity index (χ1) is 15.3. The molecule has 4 heterocycles. The molecule has 7 heteroatoms. The van der Waals surface area contributed by atoms with Crippen molar-refractivity contribution in [3.63, 3.8) is 0 Å². The molecule has 164 valence electrons. The molecule has 0 saturated carbocycles. The summed E-state index contributed by atoms with van der Waals surface area (Å²) in [4.78, 5) is 45.0. The maximum atomic E-state index is 14.0. The maximum Gasteiger partial charge on any atom is 0.250 e. The van der Waals surface area contributed by atoms with E-state index in [1.807, 2.05) is 32.9 Å². The highest BCUT2D eigenvalue weighted by Crippen LogP contribution is 2.61. The summed E-state index contributed by atoms with van der Waals surface area (Å²) in [6.45, 7) is 6.52. The Morgan fingerprint density at radius 3 is 2.59 bits per heavy atom. The number of rotatable bonds is 1. The number of nitrogens with zero attached hydrogens (tertiary/aromatic N) is 2. The molecule has 32 heavy (non-hydrogen) atoms. The van der Waals surface area contributed by atoms with Crippen LogP contribution in [0.5, 0.6) is 0 Å². The van der Waals surface area contributed by atoms with Crippen LogP contribution in [0.15, 0.2) is 30.3 Å². The number of amides is 3. The van der Waals surface area contributed by atoms with E-state index < -0.39 is 17.4 Å². The van der Waals surface area contributed by atoms with Crippen LogP contribution in [0, 0.1) is 32.6 Å². The lowest BCUT2D eigenvalue weighted by Gasteiger charge is -2.37. The Balaban J connectivity index is 1.58. The fourth-order valence-corrected chi connectivity index (χ4v) is 6.77. The molecule has 0 unspecified atom stereocenters. The van der Waals surface area contributed by atoms with Gasteiger partial charge in [0, 0.05) is 22.3 Å². The molecule has 3 saturated heterocycles. The van der Waals surface area contributed by atoms with E-state index in [1.165, 1.54) is 4.90 Å². The SMILES string of the molecule is Cc1ccc2c(c1C)NC(=O)[C@]21[C@H]2C(=O)N(c3cccc(Cl)c3C)C(=O)[C@@H]2[C@H]2CCCN21. The number of imide groups is 1. The van der Waals surface area contributed by atoms with Gasteiger partial charge >= 0.3 is 0 Å². The van der Waals surface area contributed by atoms with Crippen LogP contribution in [0.4, 0.5) is 11.4 Å². The summed E-state index contributed by atoms with van der Waals surface area (Å²) >= 11 is 6.32. The Morgan fingerprint density at radius 2 is 1.81 bits per heavy atom. The van der Waals surface area contributed by atoms with E-state index >= 15 is 0 Å². The molecule has 4 aliphatic rings. The van der Waals surface area contributed by atoms with Crippen LogP contribution in [-0.2, 0) is 19.9 Å². The second kappa shape index (κ2) is 6.42. The molecular weight excluding hydrogens is 426 g/mol. The first kappa shape index (κ1) is 19.9. The van der Waals surface area contributed by atoms with E-state index in [0.717, 1.165) is 35.2 Å². The van der Waals surface area contributed by atoms with E-state index in [-0.39, 0.29) is 23.8 Å². The van der Waals surface area contributed by atoms with Crippen LogP contribution in [0.25, 0.3) is 0 Å². The molecule has 2 aromatic rings. The number of anilines is 2. The molecule has 2 aromatic carbocycles. The van der Waals surface area contributed by atoms with E-state index in [0.29, 0.717) is 22.8 Å². The molecule has 0 bridgehead atoms. The minimum absolute atomic E-state index is 0.126. The highest BCUT2D eigenvalue weighted by molar-refractivity contribution is 6.32. The monoisotopic (exact) mass is 449 g/mol. The second-order valence-electron chi connectivity index (χ2n) is 9.45. The van der Waals surface area contributed by atoms with Gasteiger partial charge in [-0.15, -0.1) is 0 Å². The lowest BCUT2D eigenvalue weighted by Crippen LogP contribution is -2.54. The third kappa shape index (κ3) is 2.12. The Bertz CT molecular complexity index is 1240. The van der Waals surface area contributed by atoms with Crippen LogP contribution in [0.2, 0.25) is 5.02 Å². The zero-order valence-electron chi connectivity index (χ0n) is 18.2. The van der Waals surface area contributed by atoms with Gasteiger partial charge in [0.2, 0.25) is 17.7 Å². The van der Waals surface area contributed by atoms with Crippen LogP contribution in [0.1, 0.15) is 35.1 Å². The summed E-state index contributed by atoms with van der Waals surface area (Å²) in [7, 11) is 0. The average molecular weight is 450 g/mol. The molecule has 1 N–H and O–H groups in total. The first-order valence-electron chi connectivity index (χ1n) is 11.1. The van der Waals surface area contributed by atoms with Crippen LogP contribution in [-0.4, -0.2) is 35.2 Å². The lowest BCUT2D eigenvalue weighted by atomic mass is 9.75. The molecule has 4 aliphatic heterocycles. The van der Waals surface area contributed by atoms with Gasteiger partial charge in [-0.3, -0.25) is 19.3 Å². The standard InChI is InChI=1S/C25H24ClN3O3/c1-12-9-10-15-21(13(12)2)27-24(32)25(15)20-19(18-8-5-11-28(18)25)22(30)29(23(20)31)17-7-4-6-16(26)14(17)3/h4,6-7,9-10,18-20H,5,8,11H2,1-3H3,(H,27,32)/t18-,19-,20-,25-/m1/s1. The normalized spacial score (nSPS) is 30.8. The highest BCUT2D eigenvalue weighted by atomic mass is 35.5. The molecular formula is C25H24ClN3O3. The smallest absolute Gasteiger partial charge is 0.250 e. The van der Waals surface area contributed by atoms with Gasteiger partial charge in [0.05, 0.1) is 17.5 Å². The van der Waals surface area contributed by atoms with Crippen molar-refractivity contribution in [1.29, 1.82) is 0 Å². The van der Waals surface area contributed by atoms with Gasteiger partial charge in [0.25, 0.3) is 0 Å². The van der Waals surface area contributed by atoms with Crippen LogP contribution < -0.4 is 10.2 Å². The van der Waals surface area contributed by atoms with E-state index in [2.05, 4.69) is 10.2 Å². The summed E-state index contributed by atoms with van der Waals surface area (Å²) in [5, 5.41) is 3.60. The number of halogens is 1. The second-order valence-corrected chi connectivity index (χ2v) is 9.86. The number of hydrogen-bond donors (Lipinski definition) is 1. The summed E-state index contributed by atoms with van der Waals surface area (Å²) in [5.41, 5.74) is 3.77. The van der Waals surface area contributed by atoms with Crippen molar-refractivity contribution >= 4 is 40.7 Å². The Labute approximate surface area is 191 Å². The van der Waals surface area contributed by atoms with Gasteiger partial charge in [0.1, 0.15) is 5.54 Å². The predicted octanol–water partition coefficient (Wildman–Crippen LogP) is 3.70. The van der Waals surface area contributed by atoms with Crippen molar-refractivity contribution in [2.45, 2.75) is 45.2 Å². The molecule has 6 nitrogen and oxygen atoms in total. The highest BCUT2D eigenvalue weighted by Gasteiger charge is 2.74. The van der Waals surface area contributed by atoms with Crippen molar-refractivity contribution in [2.24, 2.45) is 11.8 Å². The zero-order valence-corrected chi connectivity index (χ0v) is 19.0. The third-order valence-electron chi connectivity index (χ3n) is 8.18. The molecule has 4 atom stereocenters. The summed E-state index contributed by atoms with van der Waals surface area (Å²) in [6.07, 6.45) is 1.71. The topological polar surface area (TPSA) is 69.7 Å². The molecule has 0 aliphatic carbocycles. The lowest BCUT2D eigenvalue weighted by molar-refractivity contribution is -0.135. The Hall–Kier alpha value is -2.70. The van der Waals surface area contributed by atoms with E-state index in [4.69, 9.17) is 11.6 Å². The summed E-state index contributed by atoms with van der Waals surface area (Å²) in [6, 6.07) is 9.11. The van der Waals surface area contributed by atoms with Gasteiger partial charge in [-0.1, -0.05) is 29.8 Å². The van der Waals surface area contributed by atoms with Crippen LogP contribution >= 0.6 is 11.6 Å². The van der Waals surface area contributed by atoms with Crippen LogP contribution in [0.3, 0.4) is 0 Å². The summed E-state index contributed by atoms with van der Waals surface area (Å²) < 4.78 is 0. The molecule has 0 aromatic heterocycles. The number of benzene rings is 2. The van der Waals surface area contributed by atoms with Crippen molar-refractivity contribution in [2.75, 3.05) is 16.8 Å². The molecule has 6 rings (SSSR count). The van der Waals surface area contributed by atoms with Crippen molar-refractivity contribution in [1.82, 2.24) is 4.90 Å². The average Bonchev–Trinajstić information content (AvgIpc) is 3.46. The van der Waals surface area contributed by atoms with Crippen molar-refractivity contribution in [3.05, 3.63) is 57.6 Å². The fraction of sp³-hybridized carbons (Fsp3) is 0.400. The van der Waals surface area contributed by atoms with Gasteiger partial charge < -0.3 is 5.32 Å². The predicted molar refractivity (Wildman–Crippen MR) is 122 cm³/mol. The van der Waals surface area contributed by atoms with Crippen molar-refractivity contribution in [3.8, 4) is 0 Å². The Kier molecular flexibility index (Phi) is 4.00. The van der Waals surface area contributed by atoms with Gasteiger partial charge in [-0.05, 0) is 69.0 Å². The third-order valence-corrected chi connectivity index (χ3v) is 8.59. The maximum absolute atomic E-state index is 14.0. The van der Waals surface area contributed by atoms with E-state index in [9.17, 15) is 14.4 Å². The first-order valence-corrected chi connectivity index (χ1v) is 11.5. The molecule has 3 amide bonds. The number of aryl methyl sites for hydroxylation is 1. The minimum atomic E-state index is -1.15. The number of nitrogens with one attached hydrogen (secondary N) is 1. The molecule has 0 radical (unpaired) electrons. The fourth-order valence-electron chi connectivity index (χ4n) is 6.60. The minimum Gasteiger partial charge on any atom is -0.324 e. The molecule has 3 fully saturated rings. The summed E-state index contributed by atoms with van der Waals surface area (Å²) in [5.74, 6) is -2.00. The van der Waals surface area contributed by atoms with Gasteiger partial charge in [0.15, 0.2) is 0 Å². The number of carbonyl (C=O) groups excluding carboxylic acids is 3. The van der Waals surface area contributed by atoms with Gasteiger partial charge in [-0.25, -0.2) is 4.90 Å². The van der Waals surface area contributed by atoms with Gasteiger partial charge in [-0.2, -0.15) is 0 Å². The zero-order chi connectivity index (χ0) is 22.5. The molecule has 1 spiro atoms. The Morgan fingerprint density at radius 1 is 1.03 bits per heavy atom. The number of fused-ring (bicyclic) bond motifs is 7. The largest absolute Gasteiger partial charge is 0.324 e. The van der Waals surface area contributed by atoms with E-state index in [1.54, 1.807) is 18.2 Å². The van der Waals surface area contributed by atoms with Crippen molar-refractivity contribution < 1.29 is 14.4 Å². The number of carbonyl (C=O) groups is 3.